The monoisotopic (exact) mass is 245 g/mol. The van der Waals surface area contributed by atoms with Gasteiger partial charge in [-0.05, 0) is 71.2 Å². The lowest BCUT2D eigenvalue weighted by Gasteiger charge is -2.20. The average molecular weight is 245 g/mol. The van der Waals surface area contributed by atoms with Crippen molar-refractivity contribution in [1.82, 2.24) is 5.32 Å². The molecule has 1 heteroatoms. The third-order valence-electron chi connectivity index (χ3n) is 3.07. The van der Waals surface area contributed by atoms with Crippen LogP contribution in [-0.4, -0.2) is 12.1 Å². The zero-order valence-corrected chi connectivity index (χ0v) is 12.7. The zero-order valence-electron chi connectivity index (χ0n) is 12.7. The Morgan fingerprint density at radius 1 is 1.22 bits per heavy atom. The standard InChI is InChI=1S/C17H27N/c1-13-9-10-15(3)16(12-13)14(2)8-7-11-18-17(4,5)6/h8-10,12,18H,7,11H2,1-6H3. The van der Waals surface area contributed by atoms with Crippen LogP contribution in [0.2, 0.25) is 0 Å². The highest BCUT2D eigenvalue weighted by Crippen LogP contribution is 2.20. The predicted octanol–water partition coefficient (Wildman–Crippen LogP) is 4.48. The molecule has 1 aromatic carbocycles. The minimum atomic E-state index is 0.209. The second-order valence-corrected chi connectivity index (χ2v) is 6.17. The van der Waals surface area contributed by atoms with Gasteiger partial charge in [0.05, 0.1) is 0 Å². The molecule has 0 amide bonds. The molecule has 0 aromatic heterocycles. The summed E-state index contributed by atoms with van der Waals surface area (Å²) in [4.78, 5) is 0. The minimum absolute atomic E-state index is 0.209. The lowest BCUT2D eigenvalue weighted by atomic mass is 9.98. The van der Waals surface area contributed by atoms with Crippen molar-refractivity contribution in [3.8, 4) is 0 Å². The molecule has 0 heterocycles. The molecule has 0 aliphatic heterocycles. The van der Waals surface area contributed by atoms with Crippen molar-refractivity contribution in [2.45, 2.75) is 53.5 Å². The fraction of sp³-hybridized carbons (Fsp3) is 0.529. The predicted molar refractivity (Wildman–Crippen MR) is 81.9 cm³/mol. The van der Waals surface area contributed by atoms with Gasteiger partial charge in [0.25, 0.3) is 0 Å². The van der Waals surface area contributed by atoms with Crippen molar-refractivity contribution >= 4 is 5.57 Å². The van der Waals surface area contributed by atoms with Gasteiger partial charge in [0, 0.05) is 5.54 Å². The average Bonchev–Trinajstić information content (AvgIpc) is 2.26. The Morgan fingerprint density at radius 2 is 1.89 bits per heavy atom. The number of nitrogens with one attached hydrogen (secondary N) is 1. The van der Waals surface area contributed by atoms with Gasteiger partial charge in [-0.3, -0.25) is 0 Å². The van der Waals surface area contributed by atoms with Crippen LogP contribution in [0.4, 0.5) is 0 Å². The first-order valence-electron chi connectivity index (χ1n) is 6.79. The van der Waals surface area contributed by atoms with Crippen LogP contribution in [0.1, 0.15) is 50.8 Å². The molecule has 1 N–H and O–H groups in total. The Morgan fingerprint density at radius 3 is 2.50 bits per heavy atom. The summed E-state index contributed by atoms with van der Waals surface area (Å²) in [7, 11) is 0. The van der Waals surface area contributed by atoms with E-state index in [0.29, 0.717) is 0 Å². The molecule has 0 aliphatic rings. The molecule has 0 aliphatic carbocycles. The van der Waals surface area contributed by atoms with Crippen LogP contribution < -0.4 is 5.32 Å². The van der Waals surface area contributed by atoms with Gasteiger partial charge in [-0.2, -0.15) is 0 Å². The molecule has 0 saturated heterocycles. The Kier molecular flexibility index (Phi) is 5.15. The highest BCUT2D eigenvalue weighted by molar-refractivity contribution is 5.67. The first-order chi connectivity index (χ1) is 8.29. The Labute approximate surface area is 112 Å². The topological polar surface area (TPSA) is 12.0 Å². The van der Waals surface area contributed by atoms with Gasteiger partial charge in [-0.15, -0.1) is 0 Å². The van der Waals surface area contributed by atoms with E-state index in [0.717, 1.165) is 13.0 Å². The zero-order chi connectivity index (χ0) is 13.8. The SMILES string of the molecule is CC(=CCCNC(C)(C)C)c1cc(C)ccc1C. The Balaban J connectivity index is 2.63. The van der Waals surface area contributed by atoms with E-state index in [4.69, 9.17) is 0 Å². The van der Waals surface area contributed by atoms with Crippen LogP contribution in [0.5, 0.6) is 0 Å². The number of benzene rings is 1. The molecule has 0 atom stereocenters. The van der Waals surface area contributed by atoms with Crippen LogP contribution >= 0.6 is 0 Å². The van der Waals surface area contributed by atoms with Gasteiger partial charge in [-0.1, -0.05) is 29.8 Å². The smallest absolute Gasteiger partial charge is 0.00966 e. The fourth-order valence-corrected chi connectivity index (χ4v) is 2.01. The normalized spacial score (nSPS) is 12.9. The van der Waals surface area contributed by atoms with Crippen molar-refractivity contribution in [2.75, 3.05) is 6.54 Å². The summed E-state index contributed by atoms with van der Waals surface area (Å²) < 4.78 is 0. The van der Waals surface area contributed by atoms with Crippen LogP contribution in [0.25, 0.3) is 5.57 Å². The van der Waals surface area contributed by atoms with Crippen molar-refractivity contribution in [2.24, 2.45) is 0 Å². The fourth-order valence-electron chi connectivity index (χ4n) is 2.01. The maximum atomic E-state index is 3.51. The van der Waals surface area contributed by atoms with Gasteiger partial charge >= 0.3 is 0 Å². The van der Waals surface area contributed by atoms with E-state index in [1.165, 1.54) is 22.3 Å². The highest BCUT2D eigenvalue weighted by atomic mass is 14.9. The lowest BCUT2D eigenvalue weighted by molar-refractivity contribution is 0.431. The van der Waals surface area contributed by atoms with Gasteiger partial charge in [-0.25, -0.2) is 0 Å². The molecule has 1 nitrogen and oxygen atoms in total. The van der Waals surface area contributed by atoms with Crippen molar-refractivity contribution < 1.29 is 0 Å². The number of hydrogen-bond acceptors (Lipinski definition) is 1. The van der Waals surface area contributed by atoms with E-state index in [-0.39, 0.29) is 5.54 Å². The molecule has 100 valence electrons. The number of aryl methyl sites for hydroxylation is 2. The summed E-state index contributed by atoms with van der Waals surface area (Å²) in [5.74, 6) is 0. The quantitative estimate of drug-likeness (QED) is 0.771. The van der Waals surface area contributed by atoms with E-state index in [1.807, 2.05) is 0 Å². The number of hydrogen-bond donors (Lipinski definition) is 1. The molecule has 0 fully saturated rings. The summed E-state index contributed by atoms with van der Waals surface area (Å²) in [5.41, 5.74) is 5.66. The third kappa shape index (κ3) is 5.05. The summed E-state index contributed by atoms with van der Waals surface area (Å²) in [5, 5.41) is 3.51. The summed E-state index contributed by atoms with van der Waals surface area (Å²) in [6, 6.07) is 6.65. The maximum absolute atomic E-state index is 3.51. The van der Waals surface area contributed by atoms with Gasteiger partial charge in [0.1, 0.15) is 0 Å². The Hall–Kier alpha value is -1.08. The minimum Gasteiger partial charge on any atom is -0.312 e. The molecule has 0 bridgehead atoms. The second kappa shape index (κ2) is 6.19. The van der Waals surface area contributed by atoms with Crippen LogP contribution in [0, 0.1) is 13.8 Å². The van der Waals surface area contributed by atoms with E-state index in [2.05, 4.69) is 71.1 Å². The lowest BCUT2D eigenvalue weighted by Crippen LogP contribution is -2.36. The summed E-state index contributed by atoms with van der Waals surface area (Å²) in [6.07, 6.45) is 3.41. The van der Waals surface area contributed by atoms with E-state index < -0.39 is 0 Å². The molecule has 0 spiro atoms. The first kappa shape index (κ1) is 15.0. The highest BCUT2D eigenvalue weighted by Gasteiger charge is 2.06. The first-order valence-corrected chi connectivity index (χ1v) is 6.79. The van der Waals surface area contributed by atoms with Crippen molar-refractivity contribution in [3.05, 3.63) is 41.0 Å². The van der Waals surface area contributed by atoms with Crippen molar-refractivity contribution in [3.63, 3.8) is 0 Å². The van der Waals surface area contributed by atoms with E-state index in [1.54, 1.807) is 0 Å². The van der Waals surface area contributed by atoms with Crippen molar-refractivity contribution in [1.29, 1.82) is 0 Å². The maximum Gasteiger partial charge on any atom is 0.00966 e. The van der Waals surface area contributed by atoms with Crippen LogP contribution in [-0.2, 0) is 0 Å². The van der Waals surface area contributed by atoms with E-state index >= 15 is 0 Å². The summed E-state index contributed by atoms with van der Waals surface area (Å²) >= 11 is 0. The van der Waals surface area contributed by atoms with Gasteiger partial charge < -0.3 is 5.32 Å². The molecule has 18 heavy (non-hydrogen) atoms. The summed E-state index contributed by atoms with van der Waals surface area (Å²) in [6.45, 7) is 14.2. The van der Waals surface area contributed by atoms with Crippen LogP contribution in [0.3, 0.4) is 0 Å². The molecule has 0 radical (unpaired) electrons. The molecule has 0 saturated carbocycles. The number of allylic oxidation sites excluding steroid dienone is 1. The molecular weight excluding hydrogens is 218 g/mol. The molecule has 1 rings (SSSR count). The molecular formula is C17H27N. The Bertz CT molecular complexity index is 422. The third-order valence-corrected chi connectivity index (χ3v) is 3.07. The molecule has 1 aromatic rings. The second-order valence-electron chi connectivity index (χ2n) is 6.17. The van der Waals surface area contributed by atoms with E-state index in [9.17, 15) is 0 Å². The van der Waals surface area contributed by atoms with Crippen LogP contribution in [0.15, 0.2) is 24.3 Å². The van der Waals surface area contributed by atoms with Gasteiger partial charge in [0.15, 0.2) is 0 Å². The molecule has 0 unspecified atom stereocenters. The van der Waals surface area contributed by atoms with Gasteiger partial charge in [0.2, 0.25) is 0 Å². The largest absolute Gasteiger partial charge is 0.312 e. The number of rotatable bonds is 4.